The van der Waals surface area contributed by atoms with Crippen LogP contribution in [0.4, 0.5) is 0 Å². The molecule has 2 aromatic rings. The van der Waals surface area contributed by atoms with Gasteiger partial charge < -0.3 is 5.32 Å². The van der Waals surface area contributed by atoms with E-state index in [2.05, 4.69) is 10.3 Å². The lowest BCUT2D eigenvalue weighted by atomic mass is 10.2. The largest absolute Gasteiger partial charge is 0.312 e. The van der Waals surface area contributed by atoms with Gasteiger partial charge in [-0.2, -0.15) is 0 Å². The van der Waals surface area contributed by atoms with Gasteiger partial charge in [0.25, 0.3) is 0 Å². The summed E-state index contributed by atoms with van der Waals surface area (Å²) in [6.45, 7) is 0.531. The maximum atomic E-state index is 11.6. The SMILES string of the molecule is O=S1(=O)CCNC(Cc2nc3cc(Cl)ccc3s2)C1. The molecule has 0 radical (unpaired) electrons. The van der Waals surface area contributed by atoms with Crippen LogP contribution >= 0.6 is 22.9 Å². The lowest BCUT2D eigenvalue weighted by molar-refractivity contribution is 0.515. The minimum atomic E-state index is -2.90. The molecule has 0 bridgehead atoms. The molecule has 0 saturated carbocycles. The zero-order valence-corrected chi connectivity index (χ0v) is 12.5. The van der Waals surface area contributed by atoms with Crippen LogP contribution < -0.4 is 5.32 Å². The highest BCUT2D eigenvalue weighted by Crippen LogP contribution is 2.26. The Bertz CT molecular complexity index is 712. The number of rotatable bonds is 2. The second-order valence-electron chi connectivity index (χ2n) is 4.69. The van der Waals surface area contributed by atoms with E-state index in [0.29, 0.717) is 18.0 Å². The van der Waals surface area contributed by atoms with Crippen molar-refractivity contribution in [2.45, 2.75) is 12.5 Å². The molecule has 1 fully saturated rings. The molecule has 19 heavy (non-hydrogen) atoms. The van der Waals surface area contributed by atoms with Crippen molar-refractivity contribution in [2.24, 2.45) is 0 Å². The van der Waals surface area contributed by atoms with E-state index >= 15 is 0 Å². The number of sulfone groups is 1. The zero-order valence-electron chi connectivity index (χ0n) is 10.1. The number of benzene rings is 1. The lowest BCUT2D eigenvalue weighted by Crippen LogP contribution is -2.46. The molecule has 1 aliphatic rings. The molecule has 1 aromatic carbocycles. The van der Waals surface area contributed by atoms with Gasteiger partial charge in [-0.25, -0.2) is 13.4 Å². The molecule has 7 heteroatoms. The highest BCUT2D eigenvalue weighted by molar-refractivity contribution is 7.91. The number of thiazole rings is 1. The zero-order chi connectivity index (χ0) is 13.5. The summed E-state index contributed by atoms with van der Waals surface area (Å²) >= 11 is 7.53. The molecule has 1 aromatic heterocycles. The maximum Gasteiger partial charge on any atom is 0.153 e. The van der Waals surface area contributed by atoms with E-state index < -0.39 is 9.84 Å². The van der Waals surface area contributed by atoms with Crippen molar-refractivity contribution >= 4 is 43.0 Å². The Balaban J connectivity index is 1.81. The molecule has 0 aliphatic carbocycles. The van der Waals surface area contributed by atoms with Gasteiger partial charge in [-0.15, -0.1) is 11.3 Å². The summed E-state index contributed by atoms with van der Waals surface area (Å²) in [5.74, 6) is 0.433. The predicted octanol–water partition coefficient (Wildman–Crippen LogP) is 1.88. The molecule has 0 spiro atoms. The third-order valence-corrected chi connectivity index (χ3v) is 6.15. The van der Waals surface area contributed by atoms with E-state index in [1.807, 2.05) is 18.2 Å². The summed E-state index contributed by atoms with van der Waals surface area (Å²) in [4.78, 5) is 4.51. The van der Waals surface area contributed by atoms with Gasteiger partial charge in [-0.1, -0.05) is 11.6 Å². The van der Waals surface area contributed by atoms with Gasteiger partial charge in [0.2, 0.25) is 0 Å². The minimum Gasteiger partial charge on any atom is -0.312 e. The second-order valence-corrected chi connectivity index (χ2v) is 8.47. The van der Waals surface area contributed by atoms with E-state index in [4.69, 9.17) is 11.6 Å². The Morgan fingerprint density at radius 2 is 2.32 bits per heavy atom. The number of hydrogen-bond donors (Lipinski definition) is 1. The van der Waals surface area contributed by atoms with Crippen LogP contribution in [-0.4, -0.2) is 37.5 Å². The molecule has 2 heterocycles. The van der Waals surface area contributed by atoms with E-state index in [1.54, 1.807) is 11.3 Å². The summed E-state index contributed by atoms with van der Waals surface area (Å²) < 4.78 is 24.3. The smallest absolute Gasteiger partial charge is 0.153 e. The van der Waals surface area contributed by atoms with Crippen LogP contribution in [0.3, 0.4) is 0 Å². The highest BCUT2D eigenvalue weighted by atomic mass is 35.5. The second kappa shape index (κ2) is 5.01. The third-order valence-electron chi connectivity index (χ3n) is 3.12. The van der Waals surface area contributed by atoms with Gasteiger partial charge in [0, 0.05) is 24.0 Å². The maximum absolute atomic E-state index is 11.6. The molecule has 0 amide bonds. The molecule has 1 N–H and O–H groups in total. The van der Waals surface area contributed by atoms with Crippen molar-refractivity contribution in [2.75, 3.05) is 18.1 Å². The van der Waals surface area contributed by atoms with Crippen molar-refractivity contribution in [3.8, 4) is 0 Å². The van der Waals surface area contributed by atoms with Gasteiger partial charge in [0.1, 0.15) is 0 Å². The Kier molecular flexibility index (Phi) is 3.51. The summed E-state index contributed by atoms with van der Waals surface area (Å²) in [5, 5.41) is 4.86. The number of hydrogen-bond acceptors (Lipinski definition) is 5. The van der Waals surface area contributed by atoms with Crippen LogP contribution in [0.5, 0.6) is 0 Å². The van der Waals surface area contributed by atoms with Crippen LogP contribution in [0.2, 0.25) is 5.02 Å². The topological polar surface area (TPSA) is 59.1 Å². The van der Waals surface area contributed by atoms with Crippen LogP contribution in [0.25, 0.3) is 10.2 Å². The molecule has 1 aliphatic heterocycles. The molecule has 102 valence electrons. The van der Waals surface area contributed by atoms with E-state index in [9.17, 15) is 8.42 Å². The summed E-state index contributed by atoms with van der Waals surface area (Å²) in [5.41, 5.74) is 0.881. The van der Waals surface area contributed by atoms with Crippen molar-refractivity contribution in [3.05, 3.63) is 28.2 Å². The van der Waals surface area contributed by atoms with E-state index in [0.717, 1.165) is 15.2 Å². The van der Waals surface area contributed by atoms with Gasteiger partial charge in [-0.3, -0.25) is 0 Å². The first-order valence-electron chi connectivity index (χ1n) is 6.01. The van der Waals surface area contributed by atoms with E-state index in [1.165, 1.54) is 0 Å². The fourth-order valence-electron chi connectivity index (χ4n) is 2.24. The number of aromatic nitrogens is 1. The molecular formula is C12H13ClN2O2S2. The van der Waals surface area contributed by atoms with Crippen molar-refractivity contribution < 1.29 is 8.42 Å². The van der Waals surface area contributed by atoms with Crippen LogP contribution in [-0.2, 0) is 16.3 Å². The number of nitrogens with one attached hydrogen (secondary N) is 1. The summed E-state index contributed by atoms with van der Waals surface area (Å²) in [6.07, 6.45) is 0.649. The van der Waals surface area contributed by atoms with Crippen LogP contribution in [0.15, 0.2) is 18.2 Å². The first kappa shape index (κ1) is 13.3. The molecule has 4 nitrogen and oxygen atoms in total. The summed E-state index contributed by atoms with van der Waals surface area (Å²) in [6, 6.07) is 5.59. The Morgan fingerprint density at radius 1 is 1.47 bits per heavy atom. The first-order valence-corrected chi connectivity index (χ1v) is 9.02. The normalized spacial score (nSPS) is 22.7. The minimum absolute atomic E-state index is 0.0326. The molecule has 1 atom stereocenters. The lowest BCUT2D eigenvalue weighted by Gasteiger charge is -2.22. The van der Waals surface area contributed by atoms with Crippen LogP contribution in [0.1, 0.15) is 5.01 Å². The molecular weight excluding hydrogens is 304 g/mol. The standard InChI is InChI=1S/C12H13ClN2O2S2/c13-8-1-2-11-10(5-8)15-12(18-11)6-9-7-19(16,17)4-3-14-9/h1-2,5,9,14H,3-4,6-7H2. The fraction of sp³-hybridized carbons (Fsp3) is 0.417. The number of halogens is 1. The predicted molar refractivity (Wildman–Crippen MR) is 78.8 cm³/mol. The monoisotopic (exact) mass is 316 g/mol. The van der Waals surface area contributed by atoms with Gasteiger partial charge in [-0.05, 0) is 18.2 Å². The highest BCUT2D eigenvalue weighted by Gasteiger charge is 2.25. The molecule has 3 rings (SSSR count). The van der Waals surface area contributed by atoms with Gasteiger partial charge >= 0.3 is 0 Å². The quantitative estimate of drug-likeness (QED) is 0.919. The van der Waals surface area contributed by atoms with Gasteiger partial charge in [0.05, 0.1) is 26.7 Å². The van der Waals surface area contributed by atoms with Crippen molar-refractivity contribution in [1.82, 2.24) is 10.3 Å². The van der Waals surface area contributed by atoms with E-state index in [-0.39, 0.29) is 17.5 Å². The number of fused-ring (bicyclic) bond motifs is 1. The number of nitrogens with zero attached hydrogens (tertiary/aromatic N) is 1. The summed E-state index contributed by atoms with van der Waals surface area (Å²) in [7, 11) is -2.90. The average Bonchev–Trinajstić information content (AvgIpc) is 2.68. The molecule has 1 saturated heterocycles. The average molecular weight is 317 g/mol. The third kappa shape index (κ3) is 3.08. The first-order chi connectivity index (χ1) is 9.02. The fourth-order valence-corrected chi connectivity index (χ4v) is 4.88. The van der Waals surface area contributed by atoms with Crippen LogP contribution in [0, 0.1) is 0 Å². The van der Waals surface area contributed by atoms with Crippen molar-refractivity contribution in [3.63, 3.8) is 0 Å². The Morgan fingerprint density at radius 3 is 3.11 bits per heavy atom. The van der Waals surface area contributed by atoms with Crippen molar-refractivity contribution in [1.29, 1.82) is 0 Å². The Hall–Kier alpha value is -0.690. The molecule has 1 unspecified atom stereocenters. The van der Waals surface area contributed by atoms with Gasteiger partial charge in [0.15, 0.2) is 9.84 Å². The Labute approximate surface area is 120 Å².